The van der Waals surface area contributed by atoms with Gasteiger partial charge in [-0.2, -0.15) is 0 Å². The average Bonchev–Trinajstić information content (AvgIpc) is 3.43. The van der Waals surface area contributed by atoms with Gasteiger partial charge in [-0.05, 0) is 24.7 Å². The molecule has 0 aromatic rings. The van der Waals surface area contributed by atoms with Crippen LogP contribution in [0.4, 0.5) is 0 Å². The molecule has 8 heteroatoms. The highest BCUT2D eigenvalue weighted by molar-refractivity contribution is 14.0. The molecule has 2 amide bonds. The third kappa shape index (κ3) is 3.04. The highest BCUT2D eigenvalue weighted by Crippen LogP contribution is 2.53. The van der Waals surface area contributed by atoms with Gasteiger partial charge in [0, 0.05) is 44.1 Å². The first-order chi connectivity index (χ1) is 13.4. The Labute approximate surface area is 189 Å². The van der Waals surface area contributed by atoms with Crippen molar-refractivity contribution in [2.75, 3.05) is 26.7 Å². The average molecular weight is 514 g/mol. The van der Waals surface area contributed by atoms with Gasteiger partial charge in [-0.3, -0.25) is 19.5 Å². The van der Waals surface area contributed by atoms with Gasteiger partial charge in [0.05, 0.1) is 17.9 Å². The standard InChI is InChI=1S/C21H30N4O3.HI/c1-21(2)16(13-6-9-28-17(13)21)24-20(22-3)23-7-8-25-18(26)14-11-4-5-12(10-11)15(14)19(25)27;/h4-5,11-17H,6-10H2,1-3H3,(H2,22,23,24);1H. The van der Waals surface area contributed by atoms with Crippen LogP contribution >= 0.6 is 24.0 Å². The minimum atomic E-state index is -0.116. The quantitative estimate of drug-likeness (QED) is 0.195. The minimum Gasteiger partial charge on any atom is -0.377 e. The summed E-state index contributed by atoms with van der Waals surface area (Å²) in [6.45, 7) is 6.20. The van der Waals surface area contributed by atoms with Gasteiger partial charge in [0.25, 0.3) is 0 Å². The van der Waals surface area contributed by atoms with Gasteiger partial charge in [0.1, 0.15) is 0 Å². The van der Waals surface area contributed by atoms with Gasteiger partial charge in [-0.25, -0.2) is 0 Å². The van der Waals surface area contributed by atoms with Crippen molar-refractivity contribution in [1.82, 2.24) is 15.5 Å². The fraction of sp³-hybridized carbons (Fsp3) is 0.762. The number of hydrogen-bond acceptors (Lipinski definition) is 4. The minimum absolute atomic E-state index is 0. The molecule has 2 saturated carbocycles. The molecule has 160 valence electrons. The molecule has 2 saturated heterocycles. The Kier molecular flexibility index (Phi) is 5.46. The van der Waals surface area contributed by atoms with E-state index in [1.54, 1.807) is 7.05 Å². The number of rotatable bonds is 4. The van der Waals surface area contributed by atoms with E-state index in [0.29, 0.717) is 31.2 Å². The number of fused-ring (bicyclic) bond motifs is 6. The SMILES string of the molecule is CN=C(NCCN1C(=O)C2C3C=CC(C3)C2C1=O)NC1C2CCOC2C1(C)C.I. The summed E-state index contributed by atoms with van der Waals surface area (Å²) in [5.74, 6) is 1.58. The molecule has 0 spiro atoms. The lowest BCUT2D eigenvalue weighted by molar-refractivity contribution is -0.140. The summed E-state index contributed by atoms with van der Waals surface area (Å²) >= 11 is 0. The van der Waals surface area contributed by atoms with Crippen molar-refractivity contribution in [3.05, 3.63) is 12.2 Å². The number of carbonyl (C=O) groups excluding carboxylic acids is 2. The van der Waals surface area contributed by atoms with Crippen LogP contribution in [0.15, 0.2) is 17.1 Å². The Morgan fingerprint density at radius 2 is 1.90 bits per heavy atom. The van der Waals surface area contributed by atoms with Gasteiger partial charge in [-0.15, -0.1) is 24.0 Å². The Morgan fingerprint density at radius 3 is 2.52 bits per heavy atom. The van der Waals surface area contributed by atoms with Crippen molar-refractivity contribution in [3.63, 3.8) is 0 Å². The highest BCUT2D eigenvalue weighted by Gasteiger charge is 2.60. The fourth-order valence-electron chi connectivity index (χ4n) is 6.43. The normalized spacial score (nSPS) is 41.1. The molecule has 0 aromatic carbocycles. The zero-order chi connectivity index (χ0) is 19.6. The molecule has 0 aromatic heterocycles. The van der Waals surface area contributed by atoms with Crippen molar-refractivity contribution in [3.8, 4) is 0 Å². The Hall–Kier alpha value is -1.16. The van der Waals surface area contributed by atoms with Gasteiger partial charge < -0.3 is 15.4 Å². The monoisotopic (exact) mass is 514 g/mol. The van der Waals surface area contributed by atoms with Crippen LogP contribution < -0.4 is 10.6 Å². The van der Waals surface area contributed by atoms with Crippen molar-refractivity contribution < 1.29 is 14.3 Å². The number of imide groups is 1. The van der Waals surface area contributed by atoms with Crippen LogP contribution in [0.5, 0.6) is 0 Å². The molecule has 2 N–H and O–H groups in total. The first-order valence-electron chi connectivity index (χ1n) is 10.6. The summed E-state index contributed by atoms with van der Waals surface area (Å²) in [6.07, 6.45) is 6.64. The van der Waals surface area contributed by atoms with Crippen LogP contribution in [-0.4, -0.2) is 61.6 Å². The molecule has 5 aliphatic rings. The second-order valence-electron chi connectivity index (χ2n) is 9.51. The number of halogens is 1. The number of nitrogens with zero attached hydrogens (tertiary/aromatic N) is 2. The maximum Gasteiger partial charge on any atom is 0.233 e. The number of allylic oxidation sites excluding steroid dienone is 2. The van der Waals surface area contributed by atoms with E-state index in [1.807, 2.05) is 0 Å². The number of aliphatic imine (C=N–C) groups is 1. The second kappa shape index (κ2) is 7.51. The molecule has 0 radical (unpaired) electrons. The van der Waals surface area contributed by atoms with Gasteiger partial charge in [0.2, 0.25) is 11.8 Å². The van der Waals surface area contributed by atoms with E-state index in [-0.39, 0.29) is 64.9 Å². The number of guanidine groups is 1. The van der Waals surface area contributed by atoms with Crippen LogP contribution in [-0.2, 0) is 14.3 Å². The van der Waals surface area contributed by atoms with Crippen molar-refractivity contribution in [2.24, 2.45) is 40.0 Å². The van der Waals surface area contributed by atoms with Crippen LogP contribution in [0.1, 0.15) is 26.7 Å². The third-order valence-electron chi connectivity index (χ3n) is 7.81. The molecule has 7 atom stereocenters. The smallest absolute Gasteiger partial charge is 0.233 e. The van der Waals surface area contributed by atoms with Gasteiger partial charge >= 0.3 is 0 Å². The van der Waals surface area contributed by atoms with Crippen molar-refractivity contribution >= 4 is 41.8 Å². The lowest BCUT2D eigenvalue weighted by Crippen LogP contribution is -2.68. The molecule has 7 unspecified atom stereocenters. The fourth-order valence-corrected chi connectivity index (χ4v) is 6.43. The lowest BCUT2D eigenvalue weighted by Gasteiger charge is -2.54. The molecular weight excluding hydrogens is 483 g/mol. The largest absolute Gasteiger partial charge is 0.377 e. The maximum absolute atomic E-state index is 12.8. The Balaban J connectivity index is 0.00000205. The molecule has 2 aliphatic heterocycles. The summed E-state index contributed by atoms with van der Waals surface area (Å²) < 4.78 is 5.86. The number of amides is 2. The summed E-state index contributed by atoms with van der Waals surface area (Å²) in [7, 11) is 1.75. The first-order valence-corrected chi connectivity index (χ1v) is 10.6. The summed E-state index contributed by atoms with van der Waals surface area (Å²) in [5, 5.41) is 6.83. The molecule has 7 nitrogen and oxygen atoms in total. The van der Waals surface area contributed by atoms with Crippen LogP contribution in [0, 0.1) is 35.0 Å². The van der Waals surface area contributed by atoms with E-state index >= 15 is 0 Å². The first kappa shape index (κ1) is 21.1. The molecule has 5 rings (SSSR count). The van der Waals surface area contributed by atoms with E-state index in [0.717, 1.165) is 25.4 Å². The van der Waals surface area contributed by atoms with Crippen LogP contribution in [0.2, 0.25) is 0 Å². The van der Waals surface area contributed by atoms with E-state index in [9.17, 15) is 9.59 Å². The number of hydrogen-bond donors (Lipinski definition) is 2. The Bertz CT molecular complexity index is 737. The number of likely N-dealkylation sites (tertiary alicyclic amines) is 1. The molecule has 3 aliphatic carbocycles. The Morgan fingerprint density at radius 1 is 1.24 bits per heavy atom. The predicted octanol–water partition coefficient (Wildman–Crippen LogP) is 1.39. The predicted molar refractivity (Wildman–Crippen MR) is 120 cm³/mol. The number of carbonyl (C=O) groups is 2. The third-order valence-corrected chi connectivity index (χ3v) is 7.81. The van der Waals surface area contributed by atoms with Gasteiger partial charge in [0.15, 0.2) is 5.96 Å². The molecule has 4 fully saturated rings. The lowest BCUT2D eigenvalue weighted by atomic mass is 9.57. The molecule has 2 heterocycles. The molecule has 2 bridgehead atoms. The second-order valence-corrected chi connectivity index (χ2v) is 9.51. The highest BCUT2D eigenvalue weighted by atomic mass is 127. The zero-order valence-corrected chi connectivity index (χ0v) is 19.6. The number of nitrogens with one attached hydrogen (secondary N) is 2. The van der Waals surface area contributed by atoms with Crippen LogP contribution in [0.3, 0.4) is 0 Å². The topological polar surface area (TPSA) is 83.0 Å². The number of ether oxygens (including phenoxy) is 1. The van der Waals surface area contributed by atoms with Crippen molar-refractivity contribution in [2.45, 2.75) is 38.8 Å². The van der Waals surface area contributed by atoms with E-state index in [1.165, 1.54) is 4.90 Å². The maximum atomic E-state index is 12.8. The van der Waals surface area contributed by atoms with Crippen LogP contribution in [0.25, 0.3) is 0 Å². The zero-order valence-electron chi connectivity index (χ0n) is 17.3. The summed E-state index contributed by atoms with van der Waals surface area (Å²) in [6, 6.07) is 0.322. The molecular formula is C21H31IN4O3. The summed E-state index contributed by atoms with van der Waals surface area (Å²) in [5.41, 5.74) is 0.0728. The van der Waals surface area contributed by atoms with E-state index in [4.69, 9.17) is 4.74 Å². The molecule has 29 heavy (non-hydrogen) atoms. The summed E-state index contributed by atoms with van der Waals surface area (Å²) in [4.78, 5) is 31.3. The van der Waals surface area contributed by atoms with E-state index < -0.39 is 0 Å². The van der Waals surface area contributed by atoms with E-state index in [2.05, 4.69) is 41.6 Å². The van der Waals surface area contributed by atoms with Gasteiger partial charge in [-0.1, -0.05) is 26.0 Å². The van der Waals surface area contributed by atoms with Crippen molar-refractivity contribution in [1.29, 1.82) is 0 Å².